The van der Waals surface area contributed by atoms with Gasteiger partial charge in [-0.05, 0) is 47.1 Å². The summed E-state index contributed by atoms with van der Waals surface area (Å²) in [5.74, 6) is 0.992. The topological polar surface area (TPSA) is 55.8 Å². The predicted molar refractivity (Wildman–Crippen MR) is 122 cm³/mol. The maximum atomic E-state index is 13.1. The standard InChI is InChI=1S/C25H29O4P/c1-17(2)20-12-8-9-16-24(20)28-30(26,27)29-25-21(18(3)4)14-10-15-23(25)22-13-7-6-11-19(22)5/h6-18H,1-5H3,(H,26,27). The molecular weight excluding hydrogens is 395 g/mol. The largest absolute Gasteiger partial charge is 0.584 e. The summed E-state index contributed by atoms with van der Waals surface area (Å²) < 4.78 is 24.4. The summed E-state index contributed by atoms with van der Waals surface area (Å²) in [5.41, 5.74) is 4.49. The summed E-state index contributed by atoms with van der Waals surface area (Å²) in [6.45, 7) is 10.1. The van der Waals surface area contributed by atoms with Crippen LogP contribution in [-0.2, 0) is 4.57 Å². The second kappa shape index (κ2) is 9.07. The van der Waals surface area contributed by atoms with Gasteiger partial charge in [-0.1, -0.05) is 88.4 Å². The summed E-state index contributed by atoms with van der Waals surface area (Å²) in [6.07, 6.45) is 0. The van der Waals surface area contributed by atoms with Crippen molar-refractivity contribution in [2.45, 2.75) is 46.5 Å². The minimum Gasteiger partial charge on any atom is -0.395 e. The van der Waals surface area contributed by atoms with E-state index < -0.39 is 7.82 Å². The van der Waals surface area contributed by atoms with Crippen LogP contribution in [0, 0.1) is 6.92 Å². The van der Waals surface area contributed by atoms with Crippen molar-refractivity contribution in [2.24, 2.45) is 0 Å². The van der Waals surface area contributed by atoms with Crippen LogP contribution < -0.4 is 9.05 Å². The summed E-state index contributed by atoms with van der Waals surface area (Å²) in [4.78, 5) is 10.7. The molecule has 0 radical (unpaired) electrons. The zero-order valence-corrected chi connectivity index (χ0v) is 19.0. The minimum atomic E-state index is -4.43. The van der Waals surface area contributed by atoms with Crippen molar-refractivity contribution in [3.8, 4) is 22.6 Å². The van der Waals surface area contributed by atoms with Gasteiger partial charge in [-0.15, -0.1) is 0 Å². The van der Waals surface area contributed by atoms with Crippen LogP contribution in [0.15, 0.2) is 66.7 Å². The van der Waals surface area contributed by atoms with Crippen molar-refractivity contribution in [3.63, 3.8) is 0 Å². The monoisotopic (exact) mass is 424 g/mol. The molecule has 0 saturated carbocycles. The van der Waals surface area contributed by atoms with Crippen molar-refractivity contribution in [1.29, 1.82) is 0 Å². The number of aryl methyl sites for hydroxylation is 1. The second-order valence-corrected chi connectivity index (χ2v) is 9.34. The molecule has 4 nitrogen and oxygen atoms in total. The van der Waals surface area contributed by atoms with Crippen LogP contribution >= 0.6 is 7.82 Å². The maximum Gasteiger partial charge on any atom is 0.584 e. The van der Waals surface area contributed by atoms with Crippen molar-refractivity contribution in [1.82, 2.24) is 0 Å². The summed E-state index contributed by atoms with van der Waals surface area (Å²) in [6, 6.07) is 20.9. The summed E-state index contributed by atoms with van der Waals surface area (Å²) in [7, 11) is -4.43. The van der Waals surface area contributed by atoms with E-state index >= 15 is 0 Å². The lowest BCUT2D eigenvalue weighted by Gasteiger charge is -2.22. The highest BCUT2D eigenvalue weighted by Gasteiger charge is 2.30. The first-order valence-corrected chi connectivity index (χ1v) is 11.7. The van der Waals surface area contributed by atoms with E-state index in [1.54, 1.807) is 12.1 Å². The lowest BCUT2D eigenvalue weighted by Crippen LogP contribution is -2.06. The molecule has 0 aliphatic heterocycles. The quantitative estimate of drug-likeness (QED) is 0.400. The molecule has 3 aromatic rings. The van der Waals surface area contributed by atoms with E-state index in [1.165, 1.54) is 0 Å². The highest BCUT2D eigenvalue weighted by atomic mass is 31.2. The zero-order valence-electron chi connectivity index (χ0n) is 18.1. The van der Waals surface area contributed by atoms with Gasteiger partial charge in [-0.2, -0.15) is 0 Å². The fourth-order valence-electron chi connectivity index (χ4n) is 3.50. The first-order valence-electron chi connectivity index (χ1n) is 10.2. The lowest BCUT2D eigenvalue weighted by molar-refractivity contribution is 0.288. The van der Waals surface area contributed by atoms with Gasteiger partial charge in [0.15, 0.2) is 0 Å². The van der Waals surface area contributed by atoms with Crippen LogP contribution in [0.1, 0.15) is 56.2 Å². The summed E-state index contributed by atoms with van der Waals surface area (Å²) in [5, 5.41) is 0. The van der Waals surface area contributed by atoms with E-state index in [2.05, 4.69) is 0 Å². The van der Waals surface area contributed by atoms with E-state index in [0.717, 1.165) is 27.8 Å². The van der Waals surface area contributed by atoms with Gasteiger partial charge in [0, 0.05) is 5.56 Å². The molecule has 0 aliphatic rings. The average molecular weight is 424 g/mol. The number of benzene rings is 3. The highest BCUT2D eigenvalue weighted by Crippen LogP contribution is 2.50. The van der Waals surface area contributed by atoms with Gasteiger partial charge in [-0.25, -0.2) is 4.57 Å². The first kappa shape index (κ1) is 22.1. The van der Waals surface area contributed by atoms with Crippen LogP contribution in [0.5, 0.6) is 11.5 Å². The van der Waals surface area contributed by atoms with Crippen LogP contribution in [0.4, 0.5) is 0 Å². The second-order valence-electron chi connectivity index (χ2n) is 8.04. The molecule has 3 rings (SSSR count). The Labute approximate surface area is 179 Å². The van der Waals surface area contributed by atoms with Crippen molar-refractivity contribution >= 4 is 7.82 Å². The average Bonchev–Trinajstić information content (AvgIpc) is 2.68. The molecule has 158 valence electrons. The molecule has 0 aromatic heterocycles. The summed E-state index contributed by atoms with van der Waals surface area (Å²) >= 11 is 0. The third-order valence-corrected chi connectivity index (χ3v) is 5.90. The van der Waals surface area contributed by atoms with Crippen LogP contribution in [0.3, 0.4) is 0 Å². The van der Waals surface area contributed by atoms with E-state index in [9.17, 15) is 9.46 Å². The Kier molecular flexibility index (Phi) is 6.70. The van der Waals surface area contributed by atoms with E-state index in [4.69, 9.17) is 9.05 Å². The van der Waals surface area contributed by atoms with Crippen LogP contribution in [-0.4, -0.2) is 4.89 Å². The van der Waals surface area contributed by atoms with Gasteiger partial charge in [0.2, 0.25) is 0 Å². The first-order chi connectivity index (χ1) is 14.2. The third kappa shape index (κ3) is 4.95. The molecule has 0 amide bonds. The zero-order chi connectivity index (χ0) is 21.9. The molecule has 0 saturated heterocycles. The Hall–Kier alpha value is -2.55. The van der Waals surface area contributed by atoms with Gasteiger partial charge in [0.05, 0.1) is 0 Å². The molecule has 1 N–H and O–H groups in total. The van der Waals surface area contributed by atoms with Gasteiger partial charge >= 0.3 is 7.82 Å². The normalized spacial score (nSPS) is 13.3. The number of rotatable bonds is 7. The molecule has 0 heterocycles. The van der Waals surface area contributed by atoms with E-state index in [1.807, 2.05) is 89.2 Å². The molecule has 5 heteroatoms. The van der Waals surface area contributed by atoms with Crippen LogP contribution in [0.2, 0.25) is 0 Å². The molecule has 1 unspecified atom stereocenters. The maximum absolute atomic E-state index is 13.1. The highest BCUT2D eigenvalue weighted by molar-refractivity contribution is 7.48. The number of hydrogen-bond donors (Lipinski definition) is 1. The molecule has 1 atom stereocenters. The molecule has 0 aliphatic carbocycles. The fraction of sp³-hybridized carbons (Fsp3) is 0.280. The predicted octanol–water partition coefficient (Wildman–Crippen LogP) is 7.47. The van der Waals surface area contributed by atoms with E-state index in [0.29, 0.717) is 11.5 Å². The SMILES string of the molecule is Cc1ccccc1-c1cccc(C(C)C)c1OP(=O)(O)Oc1ccccc1C(C)C. The fourth-order valence-corrected chi connectivity index (χ4v) is 4.38. The molecule has 0 bridgehead atoms. The Bertz CT molecular complexity index is 1070. The lowest BCUT2D eigenvalue weighted by atomic mass is 9.94. The third-order valence-electron chi connectivity index (χ3n) is 5.06. The molecule has 0 fully saturated rings. The number of phosphoric ester groups is 1. The molecule has 30 heavy (non-hydrogen) atoms. The van der Waals surface area contributed by atoms with E-state index in [-0.39, 0.29) is 11.8 Å². The van der Waals surface area contributed by atoms with Crippen LogP contribution in [0.25, 0.3) is 11.1 Å². The number of hydrogen-bond acceptors (Lipinski definition) is 3. The minimum absolute atomic E-state index is 0.104. The molecule has 0 spiro atoms. The van der Waals surface area contributed by atoms with Gasteiger partial charge in [0.1, 0.15) is 11.5 Å². The van der Waals surface area contributed by atoms with Gasteiger partial charge in [-0.3, -0.25) is 4.89 Å². The van der Waals surface area contributed by atoms with Crippen molar-refractivity contribution in [2.75, 3.05) is 0 Å². The van der Waals surface area contributed by atoms with Gasteiger partial charge in [0.25, 0.3) is 0 Å². The number of phosphoric acid groups is 1. The van der Waals surface area contributed by atoms with Crippen molar-refractivity contribution in [3.05, 3.63) is 83.4 Å². The van der Waals surface area contributed by atoms with Crippen molar-refractivity contribution < 1.29 is 18.5 Å². The Morgan fingerprint density at radius 1 is 0.733 bits per heavy atom. The molecular formula is C25H29O4P. The molecule has 3 aromatic carbocycles. The van der Waals surface area contributed by atoms with Gasteiger partial charge < -0.3 is 9.05 Å². The Balaban J connectivity index is 2.05. The Morgan fingerprint density at radius 2 is 1.30 bits per heavy atom. The number of para-hydroxylation sites is 2. The Morgan fingerprint density at radius 3 is 1.97 bits per heavy atom. The smallest absolute Gasteiger partial charge is 0.395 e.